The lowest BCUT2D eigenvalue weighted by atomic mass is 10.2. The molecule has 1 rings (SSSR count). The minimum absolute atomic E-state index is 0.0299. The van der Waals surface area contributed by atoms with Gasteiger partial charge in [0.2, 0.25) is 0 Å². The predicted octanol–water partition coefficient (Wildman–Crippen LogP) is 1.30. The van der Waals surface area contributed by atoms with Gasteiger partial charge >= 0.3 is 0 Å². The Bertz CT molecular complexity index is 340. The summed E-state index contributed by atoms with van der Waals surface area (Å²) in [5.41, 5.74) is 0.544. The summed E-state index contributed by atoms with van der Waals surface area (Å²) in [5, 5.41) is 12.4. The van der Waals surface area contributed by atoms with Crippen LogP contribution in [0.25, 0.3) is 0 Å². The molecule has 0 aliphatic rings. The molecule has 1 amide bonds. The van der Waals surface area contributed by atoms with Crippen molar-refractivity contribution in [1.29, 1.82) is 0 Å². The Morgan fingerprint density at radius 3 is 2.88 bits per heavy atom. The van der Waals surface area contributed by atoms with Crippen LogP contribution in [0.1, 0.15) is 23.7 Å². The van der Waals surface area contributed by atoms with Gasteiger partial charge < -0.3 is 10.4 Å². The maximum Gasteiger partial charge on any atom is 0.253 e. The van der Waals surface area contributed by atoms with Crippen LogP contribution in [-0.4, -0.2) is 34.9 Å². The van der Waals surface area contributed by atoms with E-state index in [-0.39, 0.29) is 18.6 Å². The van der Waals surface area contributed by atoms with E-state index < -0.39 is 0 Å². The van der Waals surface area contributed by atoms with E-state index in [1.165, 1.54) is 11.8 Å². The molecule has 0 radical (unpaired) electrons. The molecule has 0 saturated carbocycles. The van der Waals surface area contributed by atoms with E-state index in [1.54, 1.807) is 12.3 Å². The fourth-order valence-corrected chi connectivity index (χ4v) is 1.57. The van der Waals surface area contributed by atoms with Gasteiger partial charge in [-0.25, -0.2) is 4.98 Å². The molecule has 1 unspecified atom stereocenters. The van der Waals surface area contributed by atoms with Crippen LogP contribution in [-0.2, 0) is 0 Å². The smallest absolute Gasteiger partial charge is 0.253 e. The molecule has 0 spiro atoms. The lowest BCUT2D eigenvalue weighted by Crippen LogP contribution is -2.33. The Kier molecular flexibility index (Phi) is 5.28. The van der Waals surface area contributed by atoms with E-state index in [9.17, 15) is 4.79 Å². The zero-order valence-electron chi connectivity index (χ0n) is 9.43. The molecule has 0 saturated heterocycles. The Labute approximate surface area is 99.5 Å². The lowest BCUT2D eigenvalue weighted by molar-refractivity contribution is 0.0934. The number of nitrogens with one attached hydrogen (secondary N) is 1. The lowest BCUT2D eigenvalue weighted by Gasteiger charge is -2.12. The number of amides is 1. The molecule has 1 atom stereocenters. The number of thioether (sulfide) groups is 1. The van der Waals surface area contributed by atoms with E-state index in [1.807, 2.05) is 19.2 Å². The number of carbonyl (C=O) groups excluding carboxylic acids is 1. The average molecular weight is 240 g/mol. The van der Waals surface area contributed by atoms with Crippen LogP contribution in [0.5, 0.6) is 0 Å². The van der Waals surface area contributed by atoms with Crippen molar-refractivity contribution in [1.82, 2.24) is 10.3 Å². The van der Waals surface area contributed by atoms with Crippen LogP contribution in [0.2, 0.25) is 0 Å². The largest absolute Gasteiger partial charge is 0.396 e. The normalized spacial score (nSPS) is 12.2. The molecule has 5 heteroatoms. The maximum absolute atomic E-state index is 11.7. The molecule has 0 aliphatic heterocycles. The first kappa shape index (κ1) is 13.0. The molecule has 1 heterocycles. The molecular formula is C11H16N2O2S. The summed E-state index contributed by atoms with van der Waals surface area (Å²) in [6.07, 6.45) is 4.06. The summed E-state index contributed by atoms with van der Waals surface area (Å²) in [5.74, 6) is -0.152. The predicted molar refractivity (Wildman–Crippen MR) is 64.6 cm³/mol. The summed E-state index contributed by atoms with van der Waals surface area (Å²) >= 11 is 1.54. The molecule has 0 bridgehead atoms. The van der Waals surface area contributed by atoms with Gasteiger partial charge in [0.15, 0.2) is 0 Å². The molecule has 1 aromatic rings. The van der Waals surface area contributed by atoms with E-state index in [0.717, 1.165) is 5.03 Å². The zero-order chi connectivity index (χ0) is 12.0. The Hall–Kier alpha value is -1.07. The number of hydrogen-bond acceptors (Lipinski definition) is 4. The van der Waals surface area contributed by atoms with E-state index in [0.29, 0.717) is 12.0 Å². The Morgan fingerprint density at radius 1 is 1.62 bits per heavy atom. The fraction of sp³-hybridized carbons (Fsp3) is 0.455. The van der Waals surface area contributed by atoms with Crippen molar-refractivity contribution in [2.24, 2.45) is 0 Å². The standard InChI is InChI=1S/C11H16N2O2S/c1-8(5-6-14)13-11(15)9-3-4-10(16-2)12-7-9/h3-4,7-8,14H,5-6H2,1-2H3,(H,13,15). The monoisotopic (exact) mass is 240 g/mol. The first-order chi connectivity index (χ1) is 7.67. The third-order valence-corrected chi connectivity index (χ3v) is 2.81. The van der Waals surface area contributed by atoms with Gasteiger partial charge in [-0.2, -0.15) is 0 Å². The van der Waals surface area contributed by atoms with Crippen molar-refractivity contribution < 1.29 is 9.90 Å². The summed E-state index contributed by atoms with van der Waals surface area (Å²) in [7, 11) is 0. The number of nitrogens with zero attached hydrogens (tertiary/aromatic N) is 1. The van der Waals surface area contributed by atoms with Gasteiger partial charge in [0.1, 0.15) is 0 Å². The summed E-state index contributed by atoms with van der Waals surface area (Å²) < 4.78 is 0. The molecule has 0 aliphatic carbocycles. The third-order valence-electron chi connectivity index (χ3n) is 2.15. The highest BCUT2D eigenvalue weighted by Crippen LogP contribution is 2.11. The molecule has 88 valence electrons. The quantitative estimate of drug-likeness (QED) is 0.762. The third kappa shape index (κ3) is 3.83. The van der Waals surface area contributed by atoms with Gasteiger partial charge in [-0.3, -0.25) is 4.79 Å². The first-order valence-electron chi connectivity index (χ1n) is 5.09. The molecule has 1 aromatic heterocycles. The van der Waals surface area contributed by atoms with Gasteiger partial charge in [-0.05, 0) is 31.7 Å². The molecule has 0 fully saturated rings. The van der Waals surface area contributed by atoms with Crippen molar-refractivity contribution in [2.75, 3.05) is 12.9 Å². The van der Waals surface area contributed by atoms with E-state index >= 15 is 0 Å². The topological polar surface area (TPSA) is 62.2 Å². The van der Waals surface area contributed by atoms with Crippen LogP contribution in [0.15, 0.2) is 23.4 Å². The second-order valence-electron chi connectivity index (χ2n) is 3.48. The van der Waals surface area contributed by atoms with Crippen molar-refractivity contribution in [2.45, 2.75) is 24.4 Å². The highest BCUT2D eigenvalue weighted by atomic mass is 32.2. The summed E-state index contributed by atoms with van der Waals surface area (Å²) in [6.45, 7) is 1.93. The average Bonchev–Trinajstić information content (AvgIpc) is 2.29. The SMILES string of the molecule is CSc1ccc(C(=O)NC(C)CCO)cn1. The van der Waals surface area contributed by atoms with Crippen molar-refractivity contribution >= 4 is 17.7 Å². The van der Waals surface area contributed by atoms with Crippen LogP contribution < -0.4 is 5.32 Å². The van der Waals surface area contributed by atoms with Gasteiger partial charge in [0.25, 0.3) is 5.91 Å². The minimum Gasteiger partial charge on any atom is -0.396 e. The molecule has 2 N–H and O–H groups in total. The van der Waals surface area contributed by atoms with Crippen LogP contribution >= 0.6 is 11.8 Å². The van der Waals surface area contributed by atoms with Gasteiger partial charge in [0.05, 0.1) is 10.6 Å². The summed E-state index contributed by atoms with van der Waals surface area (Å²) in [6, 6.07) is 3.54. The van der Waals surface area contributed by atoms with Gasteiger partial charge in [0, 0.05) is 18.8 Å². The number of rotatable bonds is 5. The maximum atomic E-state index is 11.7. The van der Waals surface area contributed by atoms with Crippen molar-refractivity contribution in [3.8, 4) is 0 Å². The van der Waals surface area contributed by atoms with Gasteiger partial charge in [-0.15, -0.1) is 11.8 Å². The Morgan fingerprint density at radius 2 is 2.38 bits per heavy atom. The number of aromatic nitrogens is 1. The van der Waals surface area contributed by atoms with Crippen LogP contribution in [0.4, 0.5) is 0 Å². The number of aliphatic hydroxyl groups excluding tert-OH is 1. The number of carbonyl (C=O) groups is 1. The second-order valence-corrected chi connectivity index (χ2v) is 4.30. The van der Waals surface area contributed by atoms with Crippen LogP contribution in [0, 0.1) is 0 Å². The Balaban J connectivity index is 2.59. The molecule has 16 heavy (non-hydrogen) atoms. The summed E-state index contributed by atoms with van der Waals surface area (Å²) in [4.78, 5) is 15.8. The highest BCUT2D eigenvalue weighted by molar-refractivity contribution is 7.98. The molecular weight excluding hydrogens is 224 g/mol. The first-order valence-corrected chi connectivity index (χ1v) is 6.31. The zero-order valence-corrected chi connectivity index (χ0v) is 10.3. The van der Waals surface area contributed by atoms with Crippen LogP contribution in [0.3, 0.4) is 0 Å². The van der Waals surface area contributed by atoms with E-state index in [4.69, 9.17) is 5.11 Å². The van der Waals surface area contributed by atoms with E-state index in [2.05, 4.69) is 10.3 Å². The molecule has 4 nitrogen and oxygen atoms in total. The number of hydrogen-bond donors (Lipinski definition) is 2. The van der Waals surface area contributed by atoms with Gasteiger partial charge in [-0.1, -0.05) is 0 Å². The number of pyridine rings is 1. The highest BCUT2D eigenvalue weighted by Gasteiger charge is 2.09. The molecule has 0 aromatic carbocycles. The fourth-order valence-electron chi connectivity index (χ4n) is 1.21. The number of aliphatic hydroxyl groups is 1. The van der Waals surface area contributed by atoms with Crippen molar-refractivity contribution in [3.05, 3.63) is 23.9 Å². The minimum atomic E-state index is -0.152. The second kappa shape index (κ2) is 6.50. The van der Waals surface area contributed by atoms with Crippen molar-refractivity contribution in [3.63, 3.8) is 0 Å².